The molecule has 1 fully saturated rings. The van der Waals surface area contributed by atoms with E-state index in [2.05, 4.69) is 57.3 Å². The molecule has 1 aromatic carbocycles. The second kappa shape index (κ2) is 7.37. The number of nitrogens with one attached hydrogen (secondary N) is 1. The van der Waals surface area contributed by atoms with E-state index in [-0.39, 0.29) is 12.4 Å². The highest BCUT2D eigenvalue weighted by Gasteiger charge is 2.16. The summed E-state index contributed by atoms with van der Waals surface area (Å²) in [4.78, 5) is 2.56. The Kier molecular flexibility index (Phi) is 6.49. The third-order valence-electron chi connectivity index (χ3n) is 3.25. The molecule has 0 bridgehead atoms. The average Bonchev–Trinajstić information content (AvgIpc) is 2.56. The largest absolute Gasteiger partial charge is 0.315 e. The second-order valence-corrected chi connectivity index (χ2v) is 5.29. The van der Waals surface area contributed by atoms with Crippen molar-refractivity contribution < 1.29 is 0 Å². The number of benzene rings is 1. The summed E-state index contributed by atoms with van der Waals surface area (Å²) in [5.74, 6) is 0. The zero-order valence-electron chi connectivity index (χ0n) is 10.2. The van der Waals surface area contributed by atoms with Crippen LogP contribution in [0.3, 0.4) is 0 Å². The van der Waals surface area contributed by atoms with E-state index in [0.717, 1.165) is 19.6 Å². The van der Waals surface area contributed by atoms with E-state index < -0.39 is 0 Å². The molecule has 1 saturated heterocycles. The highest BCUT2D eigenvalue weighted by molar-refractivity contribution is 9.10. The van der Waals surface area contributed by atoms with Gasteiger partial charge in [-0.3, -0.25) is 4.90 Å². The van der Waals surface area contributed by atoms with Gasteiger partial charge in [0.05, 0.1) is 0 Å². The van der Waals surface area contributed by atoms with E-state index in [1.807, 2.05) is 0 Å². The highest BCUT2D eigenvalue weighted by atomic mass is 79.9. The topological polar surface area (TPSA) is 15.3 Å². The van der Waals surface area contributed by atoms with Crippen molar-refractivity contribution in [3.8, 4) is 0 Å². The maximum atomic E-state index is 3.54. The second-order valence-electron chi connectivity index (χ2n) is 4.37. The molecule has 0 aromatic heterocycles. The van der Waals surface area contributed by atoms with Crippen LogP contribution in [-0.4, -0.2) is 31.1 Å². The van der Waals surface area contributed by atoms with Gasteiger partial charge in [-0.05, 0) is 44.1 Å². The zero-order chi connectivity index (χ0) is 11.4. The Labute approximate surface area is 118 Å². The summed E-state index contributed by atoms with van der Waals surface area (Å²) in [6, 6.07) is 9.15. The van der Waals surface area contributed by atoms with Gasteiger partial charge >= 0.3 is 0 Å². The predicted molar refractivity (Wildman–Crippen MR) is 78.9 cm³/mol. The normalized spacial score (nSPS) is 19.2. The van der Waals surface area contributed by atoms with Crippen molar-refractivity contribution in [2.45, 2.75) is 19.4 Å². The Morgan fingerprint density at radius 3 is 2.88 bits per heavy atom. The predicted octanol–water partition coefficient (Wildman–Crippen LogP) is 3.23. The molecular weight excluding hydrogens is 300 g/mol. The average molecular weight is 320 g/mol. The van der Waals surface area contributed by atoms with Gasteiger partial charge in [0, 0.05) is 23.6 Å². The lowest BCUT2D eigenvalue weighted by Crippen LogP contribution is -2.30. The van der Waals surface area contributed by atoms with E-state index in [4.69, 9.17) is 0 Å². The Morgan fingerprint density at radius 2 is 2.12 bits per heavy atom. The van der Waals surface area contributed by atoms with Crippen LogP contribution >= 0.6 is 28.3 Å². The molecule has 1 unspecified atom stereocenters. The summed E-state index contributed by atoms with van der Waals surface area (Å²) in [7, 11) is 0. The lowest BCUT2D eigenvalue weighted by atomic mass is 10.1. The van der Waals surface area contributed by atoms with Crippen LogP contribution in [0.15, 0.2) is 28.7 Å². The van der Waals surface area contributed by atoms with E-state index >= 15 is 0 Å². The molecule has 17 heavy (non-hydrogen) atoms. The van der Waals surface area contributed by atoms with Crippen molar-refractivity contribution in [2.24, 2.45) is 0 Å². The molecular formula is C13H20BrClN2. The molecule has 0 aliphatic carbocycles. The van der Waals surface area contributed by atoms with Crippen LogP contribution in [-0.2, 0) is 0 Å². The van der Waals surface area contributed by atoms with Crippen molar-refractivity contribution in [1.82, 2.24) is 10.2 Å². The monoisotopic (exact) mass is 318 g/mol. The standard InChI is InChI=1S/C13H19BrN2.ClH/c1-11(12-4-2-5-13(14)10-12)16-8-3-6-15-7-9-16;/h2,4-5,10-11,15H,3,6-9H2,1H3;1H. The SMILES string of the molecule is CC(c1cccc(Br)c1)N1CCCNCC1.Cl. The van der Waals surface area contributed by atoms with Gasteiger partial charge in [-0.2, -0.15) is 0 Å². The van der Waals surface area contributed by atoms with Crippen molar-refractivity contribution in [3.63, 3.8) is 0 Å². The zero-order valence-corrected chi connectivity index (χ0v) is 12.6. The maximum Gasteiger partial charge on any atom is 0.0320 e. The summed E-state index contributed by atoms with van der Waals surface area (Å²) in [5.41, 5.74) is 1.40. The van der Waals surface area contributed by atoms with Gasteiger partial charge in [0.1, 0.15) is 0 Å². The smallest absolute Gasteiger partial charge is 0.0320 e. The summed E-state index contributed by atoms with van der Waals surface area (Å²) in [6.07, 6.45) is 1.25. The van der Waals surface area contributed by atoms with E-state index in [1.165, 1.54) is 23.0 Å². The lowest BCUT2D eigenvalue weighted by molar-refractivity contribution is 0.225. The van der Waals surface area contributed by atoms with Crippen LogP contribution in [0, 0.1) is 0 Å². The first kappa shape index (κ1) is 15.0. The fourth-order valence-corrected chi connectivity index (χ4v) is 2.65. The van der Waals surface area contributed by atoms with Crippen LogP contribution in [0.25, 0.3) is 0 Å². The third kappa shape index (κ3) is 4.25. The molecule has 1 atom stereocenters. The Balaban J connectivity index is 0.00000144. The molecule has 0 amide bonds. The fraction of sp³-hybridized carbons (Fsp3) is 0.538. The first-order valence-electron chi connectivity index (χ1n) is 5.97. The first-order valence-corrected chi connectivity index (χ1v) is 6.77. The molecule has 2 rings (SSSR count). The third-order valence-corrected chi connectivity index (χ3v) is 3.75. The van der Waals surface area contributed by atoms with Crippen molar-refractivity contribution in [3.05, 3.63) is 34.3 Å². The molecule has 4 heteroatoms. The van der Waals surface area contributed by atoms with Gasteiger partial charge in [-0.25, -0.2) is 0 Å². The minimum atomic E-state index is 0. The molecule has 1 N–H and O–H groups in total. The van der Waals surface area contributed by atoms with E-state index in [9.17, 15) is 0 Å². The summed E-state index contributed by atoms with van der Waals surface area (Å²) in [5, 5.41) is 3.44. The molecule has 0 saturated carbocycles. The number of nitrogens with zero attached hydrogens (tertiary/aromatic N) is 1. The molecule has 1 aliphatic heterocycles. The van der Waals surface area contributed by atoms with Crippen molar-refractivity contribution in [1.29, 1.82) is 0 Å². The summed E-state index contributed by atoms with van der Waals surface area (Å²) in [6.45, 7) is 6.90. The van der Waals surface area contributed by atoms with Gasteiger partial charge in [-0.1, -0.05) is 28.1 Å². The van der Waals surface area contributed by atoms with Gasteiger partial charge < -0.3 is 5.32 Å². The van der Waals surface area contributed by atoms with Crippen LogP contribution in [0.2, 0.25) is 0 Å². The minimum Gasteiger partial charge on any atom is -0.315 e. The van der Waals surface area contributed by atoms with Crippen molar-refractivity contribution in [2.75, 3.05) is 26.2 Å². The van der Waals surface area contributed by atoms with Gasteiger partial charge in [0.15, 0.2) is 0 Å². The molecule has 0 spiro atoms. The highest BCUT2D eigenvalue weighted by Crippen LogP contribution is 2.23. The molecule has 1 aliphatic rings. The van der Waals surface area contributed by atoms with Crippen LogP contribution < -0.4 is 5.32 Å². The number of hydrogen-bond acceptors (Lipinski definition) is 2. The first-order chi connectivity index (χ1) is 7.77. The number of hydrogen-bond donors (Lipinski definition) is 1. The van der Waals surface area contributed by atoms with Gasteiger partial charge in [-0.15, -0.1) is 12.4 Å². The molecule has 1 heterocycles. The number of halogens is 2. The summed E-state index contributed by atoms with van der Waals surface area (Å²) >= 11 is 3.54. The number of rotatable bonds is 2. The van der Waals surface area contributed by atoms with E-state index in [0.29, 0.717) is 6.04 Å². The van der Waals surface area contributed by atoms with Crippen molar-refractivity contribution >= 4 is 28.3 Å². The summed E-state index contributed by atoms with van der Waals surface area (Å²) < 4.78 is 1.17. The van der Waals surface area contributed by atoms with Crippen LogP contribution in [0.1, 0.15) is 24.9 Å². The molecule has 2 nitrogen and oxygen atoms in total. The van der Waals surface area contributed by atoms with Gasteiger partial charge in [0.25, 0.3) is 0 Å². The fourth-order valence-electron chi connectivity index (χ4n) is 2.23. The molecule has 0 radical (unpaired) electrons. The Bertz CT molecular complexity index is 338. The Morgan fingerprint density at radius 1 is 1.29 bits per heavy atom. The van der Waals surface area contributed by atoms with Crippen LogP contribution in [0.5, 0.6) is 0 Å². The maximum absolute atomic E-state index is 3.54. The molecule has 1 aromatic rings. The Hall–Kier alpha value is -0.0900. The lowest BCUT2D eigenvalue weighted by Gasteiger charge is -2.27. The van der Waals surface area contributed by atoms with Crippen LogP contribution in [0.4, 0.5) is 0 Å². The minimum absolute atomic E-state index is 0. The van der Waals surface area contributed by atoms with Gasteiger partial charge in [0.2, 0.25) is 0 Å². The molecule has 96 valence electrons. The van der Waals surface area contributed by atoms with E-state index in [1.54, 1.807) is 0 Å². The quantitative estimate of drug-likeness (QED) is 0.900.